The quantitative estimate of drug-likeness (QED) is 0.675. The summed E-state index contributed by atoms with van der Waals surface area (Å²) < 4.78 is 6.36. The minimum absolute atomic E-state index is 0. The molecule has 1 heterocycles. The van der Waals surface area contributed by atoms with E-state index in [2.05, 4.69) is 21.2 Å². The maximum absolute atomic E-state index is 12.6. The van der Waals surface area contributed by atoms with Gasteiger partial charge in [-0.2, -0.15) is 0 Å². The molecule has 0 saturated carbocycles. The second-order valence-electron chi connectivity index (χ2n) is 7.64. The van der Waals surface area contributed by atoms with Gasteiger partial charge in [-0.1, -0.05) is 40.2 Å². The number of hydrogen-bond acceptors (Lipinski definition) is 4. The molecule has 0 bridgehead atoms. The van der Waals surface area contributed by atoms with Gasteiger partial charge in [0.1, 0.15) is 11.1 Å². The van der Waals surface area contributed by atoms with Gasteiger partial charge in [0.15, 0.2) is 0 Å². The fourth-order valence-corrected chi connectivity index (χ4v) is 4.01. The molecule has 7 heteroatoms. The first kappa shape index (κ1) is 22.4. The van der Waals surface area contributed by atoms with E-state index in [9.17, 15) is 9.59 Å². The molecule has 3 N–H and O–H groups in total. The molecule has 1 aliphatic heterocycles. The van der Waals surface area contributed by atoms with Gasteiger partial charge in [0.2, 0.25) is 5.91 Å². The molecule has 0 spiro atoms. The zero-order valence-electron chi connectivity index (χ0n) is 16.0. The lowest BCUT2D eigenvalue weighted by Gasteiger charge is -2.38. The molecule has 28 heavy (non-hydrogen) atoms. The van der Waals surface area contributed by atoms with Crippen LogP contribution in [0.2, 0.25) is 0 Å². The van der Waals surface area contributed by atoms with Crippen LogP contribution < -0.4 is 11.1 Å². The van der Waals surface area contributed by atoms with Crippen molar-refractivity contribution in [1.29, 1.82) is 0 Å². The number of nitrogens with two attached hydrogens (primary N) is 1. The Morgan fingerprint density at radius 1 is 1.14 bits per heavy atom. The van der Waals surface area contributed by atoms with Crippen LogP contribution in [-0.4, -0.2) is 24.0 Å². The largest absolute Gasteiger partial charge is 0.456 e. The van der Waals surface area contributed by atoms with Gasteiger partial charge in [-0.25, -0.2) is 4.79 Å². The van der Waals surface area contributed by atoms with Crippen molar-refractivity contribution in [1.82, 2.24) is 5.32 Å². The average molecular weight is 468 g/mol. The van der Waals surface area contributed by atoms with Crippen LogP contribution in [0.5, 0.6) is 0 Å². The smallest absolute Gasteiger partial charge is 0.338 e. The summed E-state index contributed by atoms with van der Waals surface area (Å²) >= 11 is 3.57. The average Bonchev–Trinajstić information content (AvgIpc) is 2.60. The van der Waals surface area contributed by atoms with E-state index in [0.29, 0.717) is 17.7 Å². The predicted octanol–water partition coefficient (Wildman–Crippen LogP) is 3.70. The topological polar surface area (TPSA) is 81.4 Å². The van der Waals surface area contributed by atoms with Gasteiger partial charge in [0.25, 0.3) is 0 Å². The molecule has 0 aromatic heterocycles. The van der Waals surface area contributed by atoms with Crippen LogP contribution in [0.3, 0.4) is 0 Å². The number of halogens is 2. The Labute approximate surface area is 179 Å². The van der Waals surface area contributed by atoms with E-state index in [1.54, 1.807) is 24.3 Å². The standard InChI is InChI=1S/C21H23BrN2O3.ClH/c1-20(2,3)27-18(25)13-7-9-14(10-8-13)21(19(23)26)16-5-4-6-17(22)15(16)11-12-24-21;/h4-10,24H,11-12H2,1-3H3,(H2,23,26);1H. The molecular formula is C21H24BrClN2O3. The third kappa shape index (κ3) is 4.09. The highest BCUT2D eigenvalue weighted by atomic mass is 79.9. The maximum Gasteiger partial charge on any atom is 0.338 e. The third-order valence-corrected chi connectivity index (χ3v) is 5.35. The summed E-state index contributed by atoms with van der Waals surface area (Å²) in [5, 5.41) is 3.31. The maximum atomic E-state index is 12.6. The van der Waals surface area contributed by atoms with E-state index in [0.717, 1.165) is 22.0 Å². The number of hydrogen-bond donors (Lipinski definition) is 2. The number of esters is 1. The lowest BCUT2D eigenvalue weighted by Crippen LogP contribution is -2.56. The first-order valence-electron chi connectivity index (χ1n) is 8.82. The van der Waals surface area contributed by atoms with E-state index in [1.807, 2.05) is 39.0 Å². The molecule has 1 amide bonds. The van der Waals surface area contributed by atoms with Crippen molar-refractivity contribution in [2.75, 3.05) is 6.54 Å². The van der Waals surface area contributed by atoms with Crippen LogP contribution in [0.25, 0.3) is 0 Å². The summed E-state index contributed by atoms with van der Waals surface area (Å²) in [5.41, 5.74) is 7.19. The van der Waals surface area contributed by atoms with Gasteiger partial charge in [-0.15, -0.1) is 12.4 Å². The number of primary amides is 1. The zero-order valence-corrected chi connectivity index (χ0v) is 18.4. The third-order valence-electron chi connectivity index (χ3n) is 4.61. The van der Waals surface area contributed by atoms with E-state index < -0.39 is 23.0 Å². The van der Waals surface area contributed by atoms with Crippen molar-refractivity contribution in [3.05, 3.63) is 69.2 Å². The molecule has 0 fully saturated rings. The zero-order chi connectivity index (χ0) is 19.8. The Morgan fingerprint density at radius 2 is 1.79 bits per heavy atom. The van der Waals surface area contributed by atoms with Crippen LogP contribution in [0.4, 0.5) is 0 Å². The van der Waals surface area contributed by atoms with E-state index in [1.165, 1.54) is 0 Å². The van der Waals surface area contributed by atoms with Gasteiger partial charge in [-0.3, -0.25) is 10.1 Å². The Kier molecular flexibility index (Phi) is 6.58. The second kappa shape index (κ2) is 8.23. The number of nitrogens with one attached hydrogen (secondary N) is 1. The van der Waals surface area contributed by atoms with Gasteiger partial charge in [0.05, 0.1) is 5.56 Å². The number of rotatable bonds is 3. The van der Waals surface area contributed by atoms with Crippen LogP contribution in [-0.2, 0) is 21.5 Å². The lowest BCUT2D eigenvalue weighted by atomic mass is 9.76. The minimum Gasteiger partial charge on any atom is -0.456 e. The summed E-state index contributed by atoms with van der Waals surface area (Å²) in [6.07, 6.45) is 0.793. The van der Waals surface area contributed by atoms with Crippen LogP contribution in [0.15, 0.2) is 46.9 Å². The van der Waals surface area contributed by atoms with Crippen molar-refractivity contribution in [2.24, 2.45) is 5.73 Å². The Balaban J connectivity index is 0.00000280. The number of benzene rings is 2. The first-order valence-corrected chi connectivity index (χ1v) is 9.61. The SMILES string of the molecule is CC(C)(C)OC(=O)c1ccc(C2(C(N)=O)NCCc3c(Br)cccc32)cc1.Cl. The van der Waals surface area contributed by atoms with Crippen molar-refractivity contribution < 1.29 is 14.3 Å². The summed E-state index contributed by atoms with van der Waals surface area (Å²) in [6, 6.07) is 12.6. The molecule has 150 valence electrons. The molecule has 2 aromatic rings. The number of ether oxygens (including phenoxy) is 1. The first-order chi connectivity index (χ1) is 12.6. The Morgan fingerprint density at radius 3 is 2.36 bits per heavy atom. The minimum atomic E-state index is -1.14. The van der Waals surface area contributed by atoms with Crippen LogP contribution in [0.1, 0.15) is 47.8 Å². The van der Waals surface area contributed by atoms with Crippen molar-refractivity contribution in [3.63, 3.8) is 0 Å². The van der Waals surface area contributed by atoms with E-state index in [4.69, 9.17) is 10.5 Å². The fourth-order valence-electron chi connectivity index (χ4n) is 3.45. The Bertz CT molecular complexity index is 894. The van der Waals surface area contributed by atoms with Crippen molar-refractivity contribution in [2.45, 2.75) is 38.3 Å². The van der Waals surface area contributed by atoms with Gasteiger partial charge < -0.3 is 10.5 Å². The molecule has 1 aliphatic rings. The van der Waals surface area contributed by atoms with Gasteiger partial charge >= 0.3 is 5.97 Å². The van der Waals surface area contributed by atoms with Gasteiger partial charge in [-0.05, 0) is 62.1 Å². The van der Waals surface area contributed by atoms with Crippen LogP contribution >= 0.6 is 28.3 Å². The highest BCUT2D eigenvalue weighted by Gasteiger charge is 2.44. The number of carbonyl (C=O) groups excluding carboxylic acids is 2. The van der Waals surface area contributed by atoms with E-state index >= 15 is 0 Å². The van der Waals surface area contributed by atoms with Gasteiger partial charge in [0, 0.05) is 11.0 Å². The van der Waals surface area contributed by atoms with E-state index in [-0.39, 0.29) is 12.4 Å². The lowest BCUT2D eigenvalue weighted by molar-refractivity contribution is -0.123. The molecule has 3 rings (SSSR count). The predicted molar refractivity (Wildman–Crippen MR) is 115 cm³/mol. The summed E-state index contributed by atoms with van der Waals surface area (Å²) in [4.78, 5) is 24.9. The number of fused-ring (bicyclic) bond motifs is 1. The van der Waals surface area contributed by atoms with Crippen molar-refractivity contribution >= 4 is 40.2 Å². The molecular weight excluding hydrogens is 444 g/mol. The molecule has 1 unspecified atom stereocenters. The molecule has 5 nitrogen and oxygen atoms in total. The van der Waals surface area contributed by atoms with Crippen LogP contribution in [0, 0.1) is 0 Å². The number of amides is 1. The second-order valence-corrected chi connectivity index (χ2v) is 8.49. The molecule has 0 aliphatic carbocycles. The number of carbonyl (C=O) groups is 2. The molecule has 0 radical (unpaired) electrons. The molecule has 1 atom stereocenters. The highest BCUT2D eigenvalue weighted by molar-refractivity contribution is 9.10. The Hall–Kier alpha value is -1.89. The van der Waals surface area contributed by atoms with Crippen molar-refractivity contribution in [3.8, 4) is 0 Å². The normalized spacial score (nSPS) is 18.6. The monoisotopic (exact) mass is 466 g/mol. The summed E-state index contributed by atoms with van der Waals surface area (Å²) in [5.74, 6) is -0.881. The highest BCUT2D eigenvalue weighted by Crippen LogP contribution is 2.38. The summed E-state index contributed by atoms with van der Waals surface area (Å²) in [6.45, 7) is 6.08. The summed E-state index contributed by atoms with van der Waals surface area (Å²) in [7, 11) is 0. The molecule has 0 saturated heterocycles. The fraction of sp³-hybridized carbons (Fsp3) is 0.333. The molecule has 2 aromatic carbocycles.